The van der Waals surface area contributed by atoms with Crippen molar-refractivity contribution in [2.45, 2.75) is 29.8 Å². The van der Waals surface area contributed by atoms with Gasteiger partial charge < -0.3 is 14.8 Å². The molecule has 1 aliphatic heterocycles. The zero-order valence-corrected chi connectivity index (χ0v) is 16.4. The van der Waals surface area contributed by atoms with Gasteiger partial charge in [-0.2, -0.15) is 5.10 Å². The number of amides is 1. The van der Waals surface area contributed by atoms with E-state index in [1.165, 1.54) is 11.8 Å². The molecular formula is C20H20N4O3S. The number of hydrogen-bond acceptors (Lipinski definition) is 6. The molecule has 1 aromatic carbocycles. The predicted octanol–water partition coefficient (Wildman–Crippen LogP) is 4.03. The lowest BCUT2D eigenvalue weighted by Gasteiger charge is -2.18. The highest BCUT2D eigenvalue weighted by atomic mass is 32.2. The largest absolute Gasteiger partial charge is 0.486 e. The van der Waals surface area contributed by atoms with Crippen molar-refractivity contribution in [2.75, 3.05) is 18.5 Å². The minimum atomic E-state index is -0.226. The Balaban J connectivity index is 1.57. The molecular weight excluding hydrogens is 376 g/mol. The molecule has 0 bridgehead atoms. The van der Waals surface area contributed by atoms with E-state index in [1.807, 2.05) is 32.0 Å². The molecule has 4 rings (SSSR count). The van der Waals surface area contributed by atoms with Crippen molar-refractivity contribution >= 4 is 23.5 Å². The fourth-order valence-corrected chi connectivity index (χ4v) is 3.76. The van der Waals surface area contributed by atoms with E-state index in [1.54, 1.807) is 35.3 Å². The van der Waals surface area contributed by atoms with Gasteiger partial charge in [-0.25, -0.2) is 9.67 Å². The van der Waals surface area contributed by atoms with Gasteiger partial charge in [0.2, 0.25) is 0 Å². The Hall–Kier alpha value is -3.00. The van der Waals surface area contributed by atoms with Crippen LogP contribution in [0.2, 0.25) is 0 Å². The predicted molar refractivity (Wildman–Crippen MR) is 106 cm³/mol. The second-order valence-corrected chi connectivity index (χ2v) is 7.53. The van der Waals surface area contributed by atoms with E-state index in [-0.39, 0.29) is 11.9 Å². The number of benzene rings is 1. The lowest BCUT2D eigenvalue weighted by molar-refractivity contribution is 0.102. The smallest absolute Gasteiger partial charge is 0.259 e. The van der Waals surface area contributed by atoms with Crippen LogP contribution in [0, 0.1) is 0 Å². The summed E-state index contributed by atoms with van der Waals surface area (Å²) in [5.41, 5.74) is 0.499. The highest BCUT2D eigenvalue weighted by Crippen LogP contribution is 2.37. The maximum absolute atomic E-state index is 12.9. The normalized spacial score (nSPS) is 12.8. The molecule has 2 aromatic heterocycles. The van der Waals surface area contributed by atoms with Crippen LogP contribution in [0.25, 0.3) is 0 Å². The molecule has 28 heavy (non-hydrogen) atoms. The van der Waals surface area contributed by atoms with Gasteiger partial charge in [-0.3, -0.25) is 4.79 Å². The summed E-state index contributed by atoms with van der Waals surface area (Å²) >= 11 is 1.41. The van der Waals surface area contributed by atoms with Gasteiger partial charge >= 0.3 is 0 Å². The monoisotopic (exact) mass is 396 g/mol. The molecule has 0 saturated carbocycles. The van der Waals surface area contributed by atoms with Crippen LogP contribution >= 0.6 is 11.8 Å². The summed E-state index contributed by atoms with van der Waals surface area (Å²) in [6, 6.07) is 11.2. The van der Waals surface area contributed by atoms with Gasteiger partial charge in [0.25, 0.3) is 5.91 Å². The van der Waals surface area contributed by atoms with Gasteiger partial charge in [-0.05, 0) is 44.2 Å². The average Bonchev–Trinajstić information content (AvgIpc) is 3.17. The third-order valence-electron chi connectivity index (χ3n) is 4.14. The number of hydrogen-bond donors (Lipinski definition) is 1. The average molecular weight is 396 g/mol. The molecule has 0 radical (unpaired) electrons. The van der Waals surface area contributed by atoms with Crippen molar-refractivity contribution in [2.24, 2.45) is 0 Å². The Kier molecular flexibility index (Phi) is 5.21. The van der Waals surface area contributed by atoms with E-state index >= 15 is 0 Å². The van der Waals surface area contributed by atoms with E-state index in [4.69, 9.17) is 9.47 Å². The van der Waals surface area contributed by atoms with E-state index in [9.17, 15) is 4.79 Å². The number of carbonyl (C=O) groups excluding carboxylic acids is 1. The van der Waals surface area contributed by atoms with Crippen LogP contribution in [0.1, 0.15) is 30.2 Å². The number of pyridine rings is 1. The molecule has 7 nitrogen and oxygen atoms in total. The van der Waals surface area contributed by atoms with E-state index in [2.05, 4.69) is 15.4 Å². The van der Waals surface area contributed by atoms with Gasteiger partial charge in [0.15, 0.2) is 11.5 Å². The van der Waals surface area contributed by atoms with Crippen molar-refractivity contribution in [3.8, 4) is 11.5 Å². The summed E-state index contributed by atoms with van der Waals surface area (Å²) in [4.78, 5) is 18.2. The number of nitrogens with zero attached hydrogens (tertiary/aromatic N) is 3. The first-order valence-electron chi connectivity index (χ1n) is 8.99. The number of anilines is 1. The fraction of sp³-hybridized carbons (Fsp3) is 0.250. The lowest BCUT2D eigenvalue weighted by Crippen LogP contribution is -2.17. The first-order valence-corrected chi connectivity index (χ1v) is 9.81. The molecule has 0 unspecified atom stereocenters. The molecule has 0 fully saturated rings. The second kappa shape index (κ2) is 7.93. The van der Waals surface area contributed by atoms with Gasteiger partial charge in [0.05, 0.1) is 11.8 Å². The van der Waals surface area contributed by atoms with Crippen molar-refractivity contribution in [3.05, 3.63) is 54.4 Å². The van der Waals surface area contributed by atoms with Crippen LogP contribution in [0.5, 0.6) is 11.5 Å². The topological polar surface area (TPSA) is 78.3 Å². The van der Waals surface area contributed by atoms with Crippen molar-refractivity contribution in [3.63, 3.8) is 0 Å². The van der Waals surface area contributed by atoms with Gasteiger partial charge in [0, 0.05) is 23.2 Å². The third kappa shape index (κ3) is 3.82. The Morgan fingerprint density at radius 2 is 1.96 bits per heavy atom. The summed E-state index contributed by atoms with van der Waals surface area (Å²) in [6.07, 6.45) is 3.35. The van der Waals surface area contributed by atoms with Crippen LogP contribution < -0.4 is 14.8 Å². The molecule has 144 valence electrons. The molecule has 1 aliphatic rings. The van der Waals surface area contributed by atoms with Gasteiger partial charge in [0.1, 0.15) is 24.1 Å². The summed E-state index contributed by atoms with van der Waals surface area (Å²) in [5.74, 6) is 1.87. The minimum absolute atomic E-state index is 0.144. The summed E-state index contributed by atoms with van der Waals surface area (Å²) in [6.45, 7) is 5.10. The minimum Gasteiger partial charge on any atom is -0.486 e. The Morgan fingerprint density at radius 3 is 2.79 bits per heavy atom. The van der Waals surface area contributed by atoms with Gasteiger partial charge in [-0.15, -0.1) is 0 Å². The van der Waals surface area contributed by atoms with E-state index in [0.29, 0.717) is 35.4 Å². The summed E-state index contributed by atoms with van der Waals surface area (Å²) in [5, 5.41) is 7.79. The zero-order valence-electron chi connectivity index (χ0n) is 15.6. The molecule has 8 heteroatoms. The maximum atomic E-state index is 12.9. The summed E-state index contributed by atoms with van der Waals surface area (Å²) in [7, 11) is 0. The zero-order chi connectivity index (χ0) is 19.5. The number of nitrogens with one attached hydrogen (secondary N) is 1. The quantitative estimate of drug-likeness (QED) is 0.701. The number of aromatic nitrogens is 3. The molecule has 3 heterocycles. The SMILES string of the molecule is CC(C)n1nccc1NC(=O)c1cccnc1Sc1ccc2c(c1)OCCO2. The molecule has 1 N–H and O–H groups in total. The van der Waals surface area contributed by atoms with Crippen LogP contribution in [-0.4, -0.2) is 33.9 Å². The highest BCUT2D eigenvalue weighted by Gasteiger charge is 2.18. The lowest BCUT2D eigenvalue weighted by atomic mass is 10.2. The summed E-state index contributed by atoms with van der Waals surface area (Å²) < 4.78 is 13.0. The van der Waals surface area contributed by atoms with Crippen LogP contribution in [-0.2, 0) is 0 Å². The van der Waals surface area contributed by atoms with Crippen molar-refractivity contribution in [1.29, 1.82) is 0 Å². The van der Waals surface area contributed by atoms with Crippen LogP contribution in [0.15, 0.2) is 58.7 Å². The van der Waals surface area contributed by atoms with E-state index in [0.717, 1.165) is 10.6 Å². The standard InChI is InChI=1S/C20H20N4O3S/c1-13(2)24-18(7-9-22-24)23-19(25)15-4-3-8-21-20(15)28-14-5-6-16-17(12-14)27-11-10-26-16/h3-9,12-13H,10-11H2,1-2H3,(H,23,25). The maximum Gasteiger partial charge on any atom is 0.259 e. The first-order chi connectivity index (χ1) is 13.6. The Labute approximate surface area is 167 Å². The van der Waals surface area contributed by atoms with E-state index < -0.39 is 0 Å². The molecule has 0 aliphatic carbocycles. The number of carbonyl (C=O) groups is 1. The van der Waals surface area contributed by atoms with Crippen LogP contribution in [0.4, 0.5) is 5.82 Å². The van der Waals surface area contributed by atoms with Crippen LogP contribution in [0.3, 0.4) is 0 Å². The Bertz CT molecular complexity index is 1000. The fourth-order valence-electron chi connectivity index (χ4n) is 2.85. The molecule has 3 aromatic rings. The second-order valence-electron chi connectivity index (χ2n) is 6.47. The number of ether oxygens (including phenoxy) is 2. The van der Waals surface area contributed by atoms with Crippen molar-refractivity contribution in [1.82, 2.24) is 14.8 Å². The van der Waals surface area contributed by atoms with Gasteiger partial charge in [-0.1, -0.05) is 11.8 Å². The van der Waals surface area contributed by atoms with Crippen molar-refractivity contribution < 1.29 is 14.3 Å². The molecule has 0 saturated heterocycles. The molecule has 1 amide bonds. The number of rotatable bonds is 5. The first kappa shape index (κ1) is 18.4. The molecule has 0 spiro atoms. The highest BCUT2D eigenvalue weighted by molar-refractivity contribution is 7.99. The number of fused-ring (bicyclic) bond motifs is 1. The Morgan fingerprint density at radius 1 is 1.14 bits per heavy atom. The third-order valence-corrected chi connectivity index (χ3v) is 5.15. The molecule has 0 atom stereocenters.